The summed E-state index contributed by atoms with van der Waals surface area (Å²) < 4.78 is 5.40. The van der Waals surface area contributed by atoms with Gasteiger partial charge in [-0.3, -0.25) is 4.79 Å². The molecule has 1 atom stereocenters. The molecule has 6 heteroatoms. The third-order valence-corrected chi connectivity index (χ3v) is 4.05. The zero-order valence-electron chi connectivity index (χ0n) is 13.9. The first-order valence-electron chi connectivity index (χ1n) is 8.00. The summed E-state index contributed by atoms with van der Waals surface area (Å²) in [5.41, 5.74) is 1.39. The number of amides is 1. The molecule has 0 aliphatic rings. The van der Waals surface area contributed by atoms with Crippen molar-refractivity contribution in [2.45, 2.75) is 19.9 Å². The first kappa shape index (κ1) is 17.2. The van der Waals surface area contributed by atoms with Gasteiger partial charge in [-0.05, 0) is 42.3 Å². The molecule has 1 heterocycles. The van der Waals surface area contributed by atoms with Crippen molar-refractivity contribution in [2.75, 3.05) is 0 Å². The number of halogens is 1. The van der Waals surface area contributed by atoms with Gasteiger partial charge in [0.25, 0.3) is 5.91 Å². The van der Waals surface area contributed by atoms with Crippen LogP contribution in [-0.2, 0) is 0 Å². The van der Waals surface area contributed by atoms with Crippen LogP contribution < -0.4 is 5.32 Å². The lowest BCUT2D eigenvalue weighted by Gasteiger charge is -2.18. The van der Waals surface area contributed by atoms with Crippen LogP contribution in [0.3, 0.4) is 0 Å². The summed E-state index contributed by atoms with van der Waals surface area (Å²) in [7, 11) is 0. The monoisotopic (exact) mass is 355 g/mol. The number of hydrogen-bond acceptors (Lipinski definition) is 4. The molecule has 0 saturated carbocycles. The predicted molar refractivity (Wildman–Crippen MR) is 96.2 cm³/mol. The molecule has 0 bridgehead atoms. The molecule has 1 N–H and O–H groups in total. The molecule has 0 radical (unpaired) electrons. The summed E-state index contributed by atoms with van der Waals surface area (Å²) in [6, 6.07) is 15.9. The van der Waals surface area contributed by atoms with Crippen molar-refractivity contribution in [3.8, 4) is 11.4 Å². The number of nitrogens with zero attached hydrogens (tertiary/aromatic N) is 2. The van der Waals surface area contributed by atoms with Gasteiger partial charge in [0.15, 0.2) is 0 Å². The number of hydrogen-bond donors (Lipinski definition) is 1. The highest BCUT2D eigenvalue weighted by Gasteiger charge is 2.25. The van der Waals surface area contributed by atoms with Crippen molar-refractivity contribution >= 4 is 17.5 Å². The maximum atomic E-state index is 12.4. The van der Waals surface area contributed by atoms with E-state index in [1.807, 2.05) is 44.2 Å². The van der Waals surface area contributed by atoms with Crippen molar-refractivity contribution in [1.82, 2.24) is 15.5 Å². The minimum atomic E-state index is -0.374. The molecule has 3 aromatic rings. The van der Waals surface area contributed by atoms with Gasteiger partial charge in [-0.1, -0.05) is 48.8 Å². The van der Waals surface area contributed by atoms with Crippen molar-refractivity contribution in [2.24, 2.45) is 5.92 Å². The largest absolute Gasteiger partial charge is 0.340 e. The second kappa shape index (κ2) is 7.49. The Morgan fingerprint density at radius 2 is 1.76 bits per heavy atom. The second-order valence-electron chi connectivity index (χ2n) is 6.02. The van der Waals surface area contributed by atoms with E-state index in [0.29, 0.717) is 22.3 Å². The van der Waals surface area contributed by atoms with Gasteiger partial charge in [0.1, 0.15) is 6.04 Å². The normalized spacial score (nSPS) is 12.2. The lowest BCUT2D eigenvalue weighted by molar-refractivity contribution is 0.0914. The average Bonchev–Trinajstić information content (AvgIpc) is 3.10. The minimum Gasteiger partial charge on any atom is -0.340 e. The number of rotatable bonds is 5. The quantitative estimate of drug-likeness (QED) is 0.730. The van der Waals surface area contributed by atoms with E-state index in [1.165, 1.54) is 0 Å². The fourth-order valence-corrected chi connectivity index (χ4v) is 2.53. The van der Waals surface area contributed by atoms with E-state index in [9.17, 15) is 4.79 Å². The molecule has 2 aromatic carbocycles. The Balaban J connectivity index is 1.82. The SMILES string of the molecule is CC(C)[C@H](NC(=O)c1ccccc1)c1nc(-c2ccc(Cl)cc2)no1. The lowest BCUT2D eigenvalue weighted by atomic mass is 10.0. The van der Waals surface area contributed by atoms with Gasteiger partial charge in [0.2, 0.25) is 11.7 Å². The van der Waals surface area contributed by atoms with Gasteiger partial charge in [0, 0.05) is 16.1 Å². The highest BCUT2D eigenvalue weighted by atomic mass is 35.5. The highest BCUT2D eigenvalue weighted by Crippen LogP contribution is 2.24. The minimum absolute atomic E-state index is 0.0891. The fraction of sp³-hybridized carbons (Fsp3) is 0.211. The summed E-state index contributed by atoms with van der Waals surface area (Å²) in [6.07, 6.45) is 0. The molecule has 3 rings (SSSR count). The van der Waals surface area contributed by atoms with Crippen LogP contribution in [0.2, 0.25) is 5.02 Å². The third kappa shape index (κ3) is 4.06. The summed E-state index contributed by atoms with van der Waals surface area (Å²) in [5, 5.41) is 7.63. The number of carbonyl (C=O) groups excluding carboxylic acids is 1. The molecule has 128 valence electrons. The topological polar surface area (TPSA) is 68.0 Å². The average molecular weight is 356 g/mol. The maximum absolute atomic E-state index is 12.4. The Kier molecular flexibility index (Phi) is 5.14. The maximum Gasteiger partial charge on any atom is 0.251 e. The van der Waals surface area contributed by atoms with Crippen LogP contribution in [-0.4, -0.2) is 16.0 Å². The van der Waals surface area contributed by atoms with Crippen LogP contribution in [0.15, 0.2) is 59.1 Å². The summed E-state index contributed by atoms with van der Waals surface area (Å²) in [5.74, 6) is 0.757. The molecule has 0 fully saturated rings. The van der Waals surface area contributed by atoms with E-state index in [4.69, 9.17) is 16.1 Å². The third-order valence-electron chi connectivity index (χ3n) is 3.80. The van der Waals surface area contributed by atoms with Crippen LogP contribution >= 0.6 is 11.6 Å². The Hall–Kier alpha value is -2.66. The predicted octanol–water partition coefficient (Wildman–Crippen LogP) is 4.52. The summed E-state index contributed by atoms with van der Waals surface area (Å²) in [4.78, 5) is 16.9. The van der Waals surface area contributed by atoms with Gasteiger partial charge in [0.05, 0.1) is 0 Å². The zero-order chi connectivity index (χ0) is 17.8. The van der Waals surface area contributed by atoms with Crippen molar-refractivity contribution in [1.29, 1.82) is 0 Å². The molecule has 1 amide bonds. The second-order valence-corrected chi connectivity index (χ2v) is 6.46. The number of nitrogens with one attached hydrogen (secondary N) is 1. The number of aromatic nitrogens is 2. The summed E-state index contributed by atoms with van der Waals surface area (Å²) >= 11 is 5.90. The van der Waals surface area contributed by atoms with Crippen LogP contribution in [0.5, 0.6) is 0 Å². The standard InChI is InChI=1S/C19H18ClN3O2/c1-12(2)16(21-18(24)14-6-4-3-5-7-14)19-22-17(23-25-19)13-8-10-15(20)11-9-13/h3-12,16H,1-2H3,(H,21,24)/t16-/m0/s1. The van der Waals surface area contributed by atoms with Crippen molar-refractivity contribution in [3.05, 3.63) is 71.1 Å². The van der Waals surface area contributed by atoms with Gasteiger partial charge < -0.3 is 9.84 Å². The van der Waals surface area contributed by atoms with E-state index in [2.05, 4.69) is 15.5 Å². The lowest BCUT2D eigenvalue weighted by Crippen LogP contribution is -2.32. The molecule has 0 aliphatic carbocycles. The Bertz CT molecular complexity index is 845. The van der Waals surface area contributed by atoms with Gasteiger partial charge in [-0.15, -0.1) is 0 Å². The molecular formula is C19H18ClN3O2. The van der Waals surface area contributed by atoms with Crippen LogP contribution in [0.1, 0.15) is 36.1 Å². The number of carbonyl (C=O) groups is 1. The first-order chi connectivity index (χ1) is 12.0. The van der Waals surface area contributed by atoms with Crippen LogP contribution in [0.25, 0.3) is 11.4 Å². The molecule has 5 nitrogen and oxygen atoms in total. The van der Waals surface area contributed by atoms with E-state index >= 15 is 0 Å². The Morgan fingerprint density at radius 1 is 1.08 bits per heavy atom. The van der Waals surface area contributed by atoms with E-state index in [1.54, 1.807) is 24.3 Å². The molecule has 0 spiro atoms. The molecule has 0 unspecified atom stereocenters. The fourth-order valence-electron chi connectivity index (χ4n) is 2.41. The first-order valence-corrected chi connectivity index (χ1v) is 8.38. The van der Waals surface area contributed by atoms with Gasteiger partial charge >= 0.3 is 0 Å². The highest BCUT2D eigenvalue weighted by molar-refractivity contribution is 6.30. The van der Waals surface area contributed by atoms with Gasteiger partial charge in [-0.25, -0.2) is 0 Å². The van der Waals surface area contributed by atoms with Crippen molar-refractivity contribution < 1.29 is 9.32 Å². The van der Waals surface area contributed by atoms with E-state index in [0.717, 1.165) is 5.56 Å². The molecule has 0 aliphatic heterocycles. The van der Waals surface area contributed by atoms with Crippen LogP contribution in [0.4, 0.5) is 0 Å². The number of benzene rings is 2. The smallest absolute Gasteiger partial charge is 0.251 e. The molecule has 1 aromatic heterocycles. The van der Waals surface area contributed by atoms with Gasteiger partial charge in [-0.2, -0.15) is 4.98 Å². The Labute approximate surface area is 151 Å². The van der Waals surface area contributed by atoms with Crippen LogP contribution in [0, 0.1) is 5.92 Å². The summed E-state index contributed by atoms with van der Waals surface area (Å²) in [6.45, 7) is 3.98. The van der Waals surface area contributed by atoms with E-state index in [-0.39, 0.29) is 17.9 Å². The Morgan fingerprint density at radius 3 is 2.40 bits per heavy atom. The van der Waals surface area contributed by atoms with Crippen molar-refractivity contribution in [3.63, 3.8) is 0 Å². The zero-order valence-corrected chi connectivity index (χ0v) is 14.7. The molecule has 0 saturated heterocycles. The molecule has 25 heavy (non-hydrogen) atoms. The molecular weight excluding hydrogens is 338 g/mol. The van der Waals surface area contributed by atoms with E-state index < -0.39 is 0 Å².